The number of carbonyl (C=O) groups excluding carboxylic acids is 1. The maximum Gasteiger partial charge on any atom is 0.228 e. The van der Waals surface area contributed by atoms with Crippen molar-refractivity contribution in [2.75, 3.05) is 51.7 Å². The van der Waals surface area contributed by atoms with E-state index in [0.29, 0.717) is 6.61 Å². The van der Waals surface area contributed by atoms with Gasteiger partial charge >= 0.3 is 0 Å². The first kappa shape index (κ1) is 18.7. The van der Waals surface area contributed by atoms with Gasteiger partial charge in [-0.3, -0.25) is 9.69 Å². The molecule has 134 valence electrons. The molecular formula is C18H30N4O2. The van der Waals surface area contributed by atoms with Crippen LogP contribution in [0.5, 0.6) is 5.75 Å². The molecule has 6 heteroatoms. The third kappa shape index (κ3) is 5.78. The fourth-order valence-corrected chi connectivity index (χ4v) is 2.49. The molecule has 1 aliphatic rings. The maximum absolute atomic E-state index is 12.0. The summed E-state index contributed by atoms with van der Waals surface area (Å²) in [6, 6.07) is 7.32. The predicted octanol–water partition coefficient (Wildman–Crippen LogP) is 1.23. The Labute approximate surface area is 144 Å². The van der Waals surface area contributed by atoms with Crippen molar-refractivity contribution in [3.05, 3.63) is 24.3 Å². The van der Waals surface area contributed by atoms with E-state index in [4.69, 9.17) is 10.5 Å². The predicted molar refractivity (Wildman–Crippen MR) is 97.3 cm³/mol. The number of ether oxygens (including phenoxy) is 1. The zero-order valence-corrected chi connectivity index (χ0v) is 15.0. The third-order valence-corrected chi connectivity index (χ3v) is 4.60. The van der Waals surface area contributed by atoms with E-state index in [2.05, 4.69) is 22.2 Å². The molecule has 1 aromatic carbocycles. The molecule has 2 atom stereocenters. The fourth-order valence-electron chi connectivity index (χ4n) is 2.49. The van der Waals surface area contributed by atoms with Crippen LogP contribution in [0.3, 0.4) is 0 Å². The number of hydrogen-bond donors (Lipinski definition) is 2. The maximum atomic E-state index is 12.0. The summed E-state index contributed by atoms with van der Waals surface area (Å²) in [5.74, 6) is 0.542. The minimum Gasteiger partial charge on any atom is -0.492 e. The van der Waals surface area contributed by atoms with Crippen LogP contribution in [0.4, 0.5) is 5.69 Å². The lowest BCUT2D eigenvalue weighted by Crippen LogP contribution is -2.45. The van der Waals surface area contributed by atoms with Crippen molar-refractivity contribution in [1.29, 1.82) is 0 Å². The molecule has 0 aromatic heterocycles. The molecule has 1 amide bonds. The summed E-state index contributed by atoms with van der Waals surface area (Å²) in [5, 5.41) is 2.87. The standard InChI is InChI=1S/C18H30N4O2/c1-14(15(2)19)18(23)20-16-4-6-17(7-5-16)24-13-12-22-10-8-21(3)9-11-22/h4-7,14-15H,8-13,19H2,1-3H3,(H,20,23). The van der Waals surface area contributed by atoms with Gasteiger partial charge in [-0.05, 0) is 38.2 Å². The molecule has 1 fully saturated rings. The number of carbonyl (C=O) groups is 1. The Morgan fingerprint density at radius 1 is 1.21 bits per heavy atom. The quantitative estimate of drug-likeness (QED) is 0.785. The Kier molecular flexibility index (Phi) is 7.02. The topological polar surface area (TPSA) is 70.8 Å². The summed E-state index contributed by atoms with van der Waals surface area (Å²) in [6.07, 6.45) is 0. The number of nitrogens with zero attached hydrogens (tertiary/aromatic N) is 2. The molecule has 1 aliphatic heterocycles. The molecule has 24 heavy (non-hydrogen) atoms. The summed E-state index contributed by atoms with van der Waals surface area (Å²) in [5.41, 5.74) is 6.51. The van der Waals surface area contributed by atoms with E-state index >= 15 is 0 Å². The summed E-state index contributed by atoms with van der Waals surface area (Å²) in [6.45, 7) is 9.72. The van der Waals surface area contributed by atoms with Crippen LogP contribution in [0.2, 0.25) is 0 Å². The normalized spacial score (nSPS) is 18.8. The minimum atomic E-state index is -0.218. The molecular weight excluding hydrogens is 304 g/mol. The van der Waals surface area contributed by atoms with Gasteiger partial charge < -0.3 is 20.7 Å². The molecule has 1 saturated heterocycles. The highest BCUT2D eigenvalue weighted by atomic mass is 16.5. The van der Waals surface area contributed by atoms with Gasteiger partial charge in [0.25, 0.3) is 0 Å². The number of amides is 1. The van der Waals surface area contributed by atoms with Gasteiger partial charge in [0.05, 0.1) is 5.92 Å². The summed E-state index contributed by atoms with van der Waals surface area (Å²) < 4.78 is 5.79. The first-order valence-electron chi connectivity index (χ1n) is 8.66. The van der Waals surface area contributed by atoms with E-state index in [9.17, 15) is 4.79 Å². The number of rotatable bonds is 7. The number of benzene rings is 1. The highest BCUT2D eigenvalue weighted by Crippen LogP contribution is 2.17. The molecule has 0 bridgehead atoms. The molecule has 6 nitrogen and oxygen atoms in total. The molecule has 0 radical (unpaired) electrons. The van der Waals surface area contributed by atoms with Gasteiger partial charge in [0, 0.05) is 44.5 Å². The lowest BCUT2D eigenvalue weighted by Gasteiger charge is -2.32. The van der Waals surface area contributed by atoms with Gasteiger partial charge in [0.15, 0.2) is 0 Å². The second-order valence-electron chi connectivity index (χ2n) is 6.65. The first-order valence-corrected chi connectivity index (χ1v) is 8.66. The molecule has 0 spiro atoms. The monoisotopic (exact) mass is 334 g/mol. The van der Waals surface area contributed by atoms with E-state index in [0.717, 1.165) is 44.2 Å². The highest BCUT2D eigenvalue weighted by molar-refractivity contribution is 5.92. The number of anilines is 1. The van der Waals surface area contributed by atoms with Gasteiger partial charge in [-0.25, -0.2) is 0 Å². The average molecular weight is 334 g/mol. The van der Waals surface area contributed by atoms with Crippen LogP contribution in [-0.4, -0.2) is 68.1 Å². The van der Waals surface area contributed by atoms with Crippen LogP contribution in [0, 0.1) is 5.92 Å². The van der Waals surface area contributed by atoms with E-state index in [1.165, 1.54) is 0 Å². The molecule has 0 aliphatic carbocycles. The first-order chi connectivity index (χ1) is 11.5. The number of nitrogens with two attached hydrogens (primary N) is 1. The van der Waals surface area contributed by atoms with Crippen molar-refractivity contribution in [2.45, 2.75) is 19.9 Å². The minimum absolute atomic E-state index is 0.0614. The largest absolute Gasteiger partial charge is 0.492 e. The number of likely N-dealkylation sites (N-methyl/N-ethyl adjacent to an activating group) is 1. The average Bonchev–Trinajstić information content (AvgIpc) is 2.57. The van der Waals surface area contributed by atoms with Crippen molar-refractivity contribution < 1.29 is 9.53 Å². The Morgan fingerprint density at radius 2 is 1.83 bits per heavy atom. The lowest BCUT2D eigenvalue weighted by atomic mass is 10.0. The molecule has 2 unspecified atom stereocenters. The lowest BCUT2D eigenvalue weighted by molar-refractivity contribution is -0.119. The van der Waals surface area contributed by atoms with Crippen molar-refractivity contribution in [1.82, 2.24) is 9.80 Å². The van der Waals surface area contributed by atoms with Gasteiger partial charge in [-0.15, -0.1) is 0 Å². The third-order valence-electron chi connectivity index (χ3n) is 4.60. The summed E-state index contributed by atoms with van der Waals surface area (Å²) >= 11 is 0. The summed E-state index contributed by atoms with van der Waals surface area (Å²) in [7, 11) is 2.16. The fraction of sp³-hybridized carbons (Fsp3) is 0.611. The van der Waals surface area contributed by atoms with Gasteiger partial charge in [-0.1, -0.05) is 6.92 Å². The molecule has 0 saturated carbocycles. The van der Waals surface area contributed by atoms with Crippen molar-refractivity contribution >= 4 is 11.6 Å². The summed E-state index contributed by atoms with van der Waals surface area (Å²) in [4.78, 5) is 16.7. The Bertz CT molecular complexity index is 510. The molecule has 2 rings (SSSR count). The van der Waals surface area contributed by atoms with Crippen LogP contribution in [0.15, 0.2) is 24.3 Å². The zero-order valence-electron chi connectivity index (χ0n) is 15.0. The number of hydrogen-bond acceptors (Lipinski definition) is 5. The van der Waals surface area contributed by atoms with Crippen LogP contribution < -0.4 is 15.8 Å². The van der Waals surface area contributed by atoms with Crippen molar-refractivity contribution in [2.24, 2.45) is 11.7 Å². The van der Waals surface area contributed by atoms with Gasteiger partial charge in [0.2, 0.25) is 5.91 Å². The van der Waals surface area contributed by atoms with E-state index in [1.54, 1.807) is 0 Å². The second-order valence-corrected chi connectivity index (χ2v) is 6.65. The zero-order chi connectivity index (χ0) is 17.5. The van der Waals surface area contributed by atoms with Crippen LogP contribution >= 0.6 is 0 Å². The number of nitrogens with one attached hydrogen (secondary N) is 1. The molecule has 3 N–H and O–H groups in total. The Hall–Kier alpha value is -1.63. The Morgan fingerprint density at radius 3 is 2.42 bits per heavy atom. The molecule has 1 heterocycles. The van der Waals surface area contributed by atoms with E-state index in [1.807, 2.05) is 38.1 Å². The highest BCUT2D eigenvalue weighted by Gasteiger charge is 2.17. The number of piperazine rings is 1. The van der Waals surface area contributed by atoms with E-state index < -0.39 is 0 Å². The van der Waals surface area contributed by atoms with E-state index in [-0.39, 0.29) is 17.9 Å². The van der Waals surface area contributed by atoms with Gasteiger partial charge in [-0.2, -0.15) is 0 Å². The van der Waals surface area contributed by atoms with Crippen LogP contribution in [-0.2, 0) is 4.79 Å². The van der Waals surface area contributed by atoms with Crippen molar-refractivity contribution in [3.8, 4) is 5.75 Å². The second kappa shape index (κ2) is 9.01. The molecule has 1 aromatic rings. The SMILES string of the molecule is CC(N)C(C)C(=O)Nc1ccc(OCCN2CCN(C)CC2)cc1. The smallest absolute Gasteiger partial charge is 0.228 e. The van der Waals surface area contributed by atoms with Crippen LogP contribution in [0.25, 0.3) is 0 Å². The Balaban J connectivity index is 1.73. The van der Waals surface area contributed by atoms with Crippen LogP contribution in [0.1, 0.15) is 13.8 Å². The van der Waals surface area contributed by atoms with Gasteiger partial charge in [0.1, 0.15) is 12.4 Å². The van der Waals surface area contributed by atoms with Crippen molar-refractivity contribution in [3.63, 3.8) is 0 Å².